The number of rotatable bonds is 4. The Bertz CT molecular complexity index is 900. The van der Waals surface area contributed by atoms with Crippen LogP contribution in [0.2, 0.25) is 5.02 Å². The highest BCUT2D eigenvalue weighted by atomic mass is 35.5. The Kier molecular flexibility index (Phi) is 3.43. The molecule has 0 bridgehead atoms. The smallest absolute Gasteiger partial charge is 0.258 e. The maximum atomic E-state index is 12.1. The van der Waals surface area contributed by atoms with E-state index in [-0.39, 0.29) is 5.56 Å². The van der Waals surface area contributed by atoms with Crippen molar-refractivity contribution in [3.05, 3.63) is 51.8 Å². The molecule has 4 rings (SSSR count). The quantitative estimate of drug-likeness (QED) is 0.744. The van der Waals surface area contributed by atoms with Gasteiger partial charge in [0.15, 0.2) is 5.16 Å². The van der Waals surface area contributed by atoms with Crippen molar-refractivity contribution >= 4 is 34.3 Å². The number of nitrogens with zero attached hydrogens (tertiary/aromatic N) is 3. The van der Waals surface area contributed by atoms with Gasteiger partial charge in [-0.05, 0) is 31.0 Å². The minimum absolute atomic E-state index is 0.159. The Labute approximate surface area is 135 Å². The number of thioether (sulfide) groups is 1. The number of benzene rings is 1. The van der Waals surface area contributed by atoms with Gasteiger partial charge < -0.3 is 9.55 Å². The van der Waals surface area contributed by atoms with Gasteiger partial charge in [-0.3, -0.25) is 4.79 Å². The van der Waals surface area contributed by atoms with Crippen LogP contribution >= 0.6 is 23.4 Å². The van der Waals surface area contributed by atoms with Crippen molar-refractivity contribution in [2.24, 2.45) is 0 Å². The van der Waals surface area contributed by atoms with Gasteiger partial charge in [0.05, 0.1) is 16.7 Å². The summed E-state index contributed by atoms with van der Waals surface area (Å²) in [6, 6.07) is 5.74. The van der Waals surface area contributed by atoms with E-state index in [4.69, 9.17) is 11.6 Å². The molecule has 2 heterocycles. The Morgan fingerprint density at radius 1 is 1.41 bits per heavy atom. The van der Waals surface area contributed by atoms with Gasteiger partial charge in [-0.25, -0.2) is 9.97 Å². The van der Waals surface area contributed by atoms with Gasteiger partial charge in [0.1, 0.15) is 5.82 Å². The molecular weight excluding hydrogens is 320 g/mol. The summed E-state index contributed by atoms with van der Waals surface area (Å²) in [5, 5.41) is 2.02. The molecule has 0 saturated heterocycles. The van der Waals surface area contributed by atoms with E-state index in [1.165, 1.54) is 12.8 Å². The van der Waals surface area contributed by atoms with Crippen LogP contribution in [0.1, 0.15) is 24.7 Å². The Morgan fingerprint density at radius 3 is 3.09 bits per heavy atom. The fourth-order valence-electron chi connectivity index (χ4n) is 2.40. The first kappa shape index (κ1) is 13.8. The van der Waals surface area contributed by atoms with E-state index >= 15 is 0 Å². The van der Waals surface area contributed by atoms with Crippen molar-refractivity contribution in [3.8, 4) is 0 Å². The van der Waals surface area contributed by atoms with Gasteiger partial charge in [-0.15, -0.1) is 0 Å². The first-order valence-electron chi connectivity index (χ1n) is 7.05. The highest BCUT2D eigenvalue weighted by molar-refractivity contribution is 7.98. The number of aromatic amines is 1. The fraction of sp³-hybridized carbons (Fsp3) is 0.267. The van der Waals surface area contributed by atoms with Crippen LogP contribution in [0.3, 0.4) is 0 Å². The van der Waals surface area contributed by atoms with Crippen LogP contribution in [0.15, 0.2) is 40.5 Å². The van der Waals surface area contributed by atoms with Crippen molar-refractivity contribution in [1.29, 1.82) is 0 Å². The second kappa shape index (κ2) is 5.44. The maximum absolute atomic E-state index is 12.1. The van der Waals surface area contributed by atoms with Crippen LogP contribution in [0.4, 0.5) is 0 Å². The number of nitrogens with one attached hydrogen (secondary N) is 1. The van der Waals surface area contributed by atoms with E-state index < -0.39 is 0 Å². The summed E-state index contributed by atoms with van der Waals surface area (Å²) < 4.78 is 2.20. The van der Waals surface area contributed by atoms with Crippen molar-refractivity contribution in [1.82, 2.24) is 19.5 Å². The van der Waals surface area contributed by atoms with Crippen molar-refractivity contribution in [2.45, 2.75) is 29.8 Å². The molecule has 0 atom stereocenters. The molecule has 3 aromatic rings. The molecule has 1 aromatic carbocycles. The van der Waals surface area contributed by atoms with Crippen LogP contribution in [0.5, 0.6) is 0 Å². The highest BCUT2D eigenvalue weighted by Crippen LogP contribution is 2.38. The minimum Gasteiger partial charge on any atom is -0.323 e. The first-order chi connectivity index (χ1) is 10.7. The van der Waals surface area contributed by atoms with E-state index in [0.717, 1.165) is 5.16 Å². The normalized spacial score (nSPS) is 14.6. The third-order valence-electron chi connectivity index (χ3n) is 3.63. The summed E-state index contributed by atoms with van der Waals surface area (Å²) in [5.41, 5.74) is 0.503. The predicted octanol–water partition coefficient (Wildman–Crippen LogP) is 3.40. The van der Waals surface area contributed by atoms with E-state index in [9.17, 15) is 4.79 Å². The van der Waals surface area contributed by atoms with Gasteiger partial charge in [-0.2, -0.15) is 0 Å². The van der Waals surface area contributed by atoms with Crippen LogP contribution < -0.4 is 5.56 Å². The second-order valence-electron chi connectivity index (χ2n) is 5.31. The second-order valence-corrected chi connectivity index (χ2v) is 6.69. The lowest BCUT2D eigenvalue weighted by molar-refractivity contribution is 0.662. The molecule has 0 amide bonds. The van der Waals surface area contributed by atoms with Gasteiger partial charge in [0, 0.05) is 23.5 Å². The topological polar surface area (TPSA) is 63.6 Å². The van der Waals surface area contributed by atoms with Gasteiger partial charge in [0.2, 0.25) is 0 Å². The van der Waals surface area contributed by atoms with E-state index in [0.29, 0.717) is 33.5 Å². The summed E-state index contributed by atoms with van der Waals surface area (Å²) in [6.45, 7) is 0. The summed E-state index contributed by atoms with van der Waals surface area (Å²) in [7, 11) is 0. The summed E-state index contributed by atoms with van der Waals surface area (Å²) in [5.74, 6) is 1.23. The number of fused-ring (bicyclic) bond motifs is 1. The monoisotopic (exact) mass is 332 g/mol. The molecular formula is C15H13ClN4OS. The van der Waals surface area contributed by atoms with Crippen LogP contribution in [0, 0.1) is 0 Å². The predicted molar refractivity (Wildman–Crippen MR) is 87.4 cm³/mol. The lowest BCUT2D eigenvalue weighted by Crippen LogP contribution is -2.11. The zero-order valence-electron chi connectivity index (χ0n) is 11.6. The molecule has 0 unspecified atom stereocenters. The van der Waals surface area contributed by atoms with Crippen LogP contribution in [0.25, 0.3) is 10.9 Å². The van der Waals surface area contributed by atoms with E-state index in [1.54, 1.807) is 30.0 Å². The zero-order valence-corrected chi connectivity index (χ0v) is 13.2. The number of halogens is 1. The van der Waals surface area contributed by atoms with Crippen molar-refractivity contribution in [3.63, 3.8) is 0 Å². The molecule has 1 saturated carbocycles. The average Bonchev–Trinajstić information content (AvgIpc) is 3.24. The third-order valence-corrected chi connectivity index (χ3v) is 4.86. The maximum Gasteiger partial charge on any atom is 0.258 e. The molecule has 7 heteroatoms. The minimum atomic E-state index is -0.159. The number of H-pyrrole nitrogens is 1. The molecule has 22 heavy (non-hydrogen) atoms. The summed E-state index contributed by atoms with van der Waals surface area (Å²) in [6.07, 6.45) is 6.27. The molecule has 1 fully saturated rings. The number of aromatic nitrogens is 4. The van der Waals surface area contributed by atoms with Gasteiger partial charge in [-0.1, -0.05) is 23.4 Å². The zero-order chi connectivity index (χ0) is 15.1. The molecule has 1 N–H and O–H groups in total. The molecule has 1 aliphatic carbocycles. The highest BCUT2D eigenvalue weighted by Gasteiger charge is 2.25. The number of hydrogen-bond donors (Lipinski definition) is 1. The largest absolute Gasteiger partial charge is 0.323 e. The molecule has 1 aliphatic rings. The van der Waals surface area contributed by atoms with E-state index in [1.807, 2.05) is 12.4 Å². The number of hydrogen-bond acceptors (Lipinski definition) is 4. The lowest BCUT2D eigenvalue weighted by Gasteiger charge is -2.06. The Morgan fingerprint density at radius 2 is 2.27 bits per heavy atom. The standard InChI is InChI=1S/C15H13ClN4OS/c16-9-1-4-12-11(7-9)14(21)19-13(18-12)8-22-15-17-5-6-20(15)10-2-3-10/h1,4-7,10H,2-3,8H2,(H,18,19,21). The number of imidazole rings is 1. The average molecular weight is 333 g/mol. The molecule has 0 radical (unpaired) electrons. The lowest BCUT2D eigenvalue weighted by atomic mass is 10.2. The van der Waals surface area contributed by atoms with Gasteiger partial charge in [0.25, 0.3) is 5.56 Å². The SMILES string of the molecule is O=c1[nH]c(CSc2nccn2C2CC2)nc2ccc(Cl)cc12. The summed E-state index contributed by atoms with van der Waals surface area (Å²) >= 11 is 7.51. The van der Waals surface area contributed by atoms with E-state index in [2.05, 4.69) is 19.5 Å². The van der Waals surface area contributed by atoms with Crippen molar-refractivity contribution < 1.29 is 0 Å². The molecule has 112 valence electrons. The fourth-order valence-corrected chi connectivity index (χ4v) is 3.47. The summed E-state index contributed by atoms with van der Waals surface area (Å²) in [4.78, 5) is 23.8. The van der Waals surface area contributed by atoms with Gasteiger partial charge >= 0.3 is 0 Å². The Hall–Kier alpha value is -1.79. The molecule has 0 aliphatic heterocycles. The third kappa shape index (κ3) is 2.64. The first-order valence-corrected chi connectivity index (χ1v) is 8.41. The van der Waals surface area contributed by atoms with Crippen LogP contribution in [-0.2, 0) is 5.75 Å². The molecule has 2 aromatic heterocycles. The van der Waals surface area contributed by atoms with Crippen LogP contribution in [-0.4, -0.2) is 19.5 Å². The Balaban J connectivity index is 1.60. The molecule has 0 spiro atoms. The van der Waals surface area contributed by atoms with Crippen molar-refractivity contribution in [2.75, 3.05) is 0 Å². The molecule has 5 nitrogen and oxygen atoms in total.